The smallest absolute Gasteiger partial charge is 0.323 e. The van der Waals surface area contributed by atoms with Crippen LogP contribution < -0.4 is 15.5 Å². The van der Waals surface area contributed by atoms with E-state index in [1.54, 1.807) is 6.20 Å². The van der Waals surface area contributed by atoms with Crippen LogP contribution in [0.15, 0.2) is 60.8 Å². The fourth-order valence-electron chi connectivity index (χ4n) is 4.16. The van der Waals surface area contributed by atoms with Gasteiger partial charge in [-0.1, -0.05) is 48.0 Å². The van der Waals surface area contributed by atoms with Gasteiger partial charge in [0.2, 0.25) is 0 Å². The third-order valence-electron chi connectivity index (χ3n) is 5.99. The number of halogens is 1. The van der Waals surface area contributed by atoms with Gasteiger partial charge in [-0.05, 0) is 55.2 Å². The largest absolute Gasteiger partial charge is 0.355 e. The number of carbonyl (C=O) groups excluding carboxylic acids is 1. The summed E-state index contributed by atoms with van der Waals surface area (Å²) >= 11 is 6.34. The average molecular weight is 464 g/mol. The maximum Gasteiger partial charge on any atom is 0.323 e. The highest BCUT2D eigenvalue weighted by Gasteiger charge is 2.17. The minimum atomic E-state index is -0.271. The van der Waals surface area contributed by atoms with Crippen LogP contribution in [0.5, 0.6) is 0 Å². The summed E-state index contributed by atoms with van der Waals surface area (Å²) in [6, 6.07) is 17.6. The van der Waals surface area contributed by atoms with Gasteiger partial charge >= 0.3 is 6.03 Å². The van der Waals surface area contributed by atoms with Crippen molar-refractivity contribution in [3.05, 3.63) is 82.5 Å². The Kier molecular flexibility index (Phi) is 7.47. The summed E-state index contributed by atoms with van der Waals surface area (Å²) in [7, 11) is 0. The fraction of sp³-hybridized carbons (Fsp3) is 0.308. The normalized spacial score (nSPS) is 14.6. The summed E-state index contributed by atoms with van der Waals surface area (Å²) in [5, 5.41) is 6.64. The van der Waals surface area contributed by atoms with Gasteiger partial charge in [0.05, 0.1) is 11.9 Å². The number of rotatable bonds is 5. The number of aromatic nitrogens is 1. The van der Waals surface area contributed by atoms with Crippen LogP contribution in [0, 0.1) is 13.8 Å². The van der Waals surface area contributed by atoms with Gasteiger partial charge in [0, 0.05) is 43.4 Å². The summed E-state index contributed by atoms with van der Waals surface area (Å²) in [6.07, 6.45) is 2.77. The number of benzene rings is 2. The molecular weight excluding hydrogens is 434 g/mol. The zero-order valence-electron chi connectivity index (χ0n) is 19.1. The van der Waals surface area contributed by atoms with Crippen LogP contribution in [0.2, 0.25) is 5.02 Å². The predicted molar refractivity (Wildman–Crippen MR) is 136 cm³/mol. The first-order valence-electron chi connectivity index (χ1n) is 11.3. The molecule has 4 rings (SSSR count). The first-order valence-corrected chi connectivity index (χ1v) is 11.7. The molecule has 1 fully saturated rings. The van der Waals surface area contributed by atoms with Gasteiger partial charge in [-0.3, -0.25) is 4.90 Å². The Bertz CT molecular complexity index is 1080. The van der Waals surface area contributed by atoms with E-state index in [1.165, 1.54) is 5.56 Å². The molecule has 172 valence electrons. The van der Waals surface area contributed by atoms with E-state index in [0.29, 0.717) is 5.69 Å². The summed E-state index contributed by atoms with van der Waals surface area (Å²) in [5.74, 6) is 0.926. The standard InChI is InChI=1S/C26H30ClN5O/c1-19-7-5-8-20(2)25(19)30-26(33)29-22-11-12-24(28-17-22)32-14-6-13-31(15-16-32)18-21-9-3-4-10-23(21)27/h3-5,7-12,17H,6,13-16,18H2,1-2H3,(H2,29,30,33). The monoisotopic (exact) mass is 463 g/mol. The number of hydrogen-bond donors (Lipinski definition) is 2. The number of para-hydroxylation sites is 1. The number of nitrogens with zero attached hydrogens (tertiary/aromatic N) is 3. The van der Waals surface area contributed by atoms with E-state index in [0.717, 1.165) is 66.8 Å². The first-order chi connectivity index (χ1) is 16.0. The molecule has 6 nitrogen and oxygen atoms in total. The predicted octanol–water partition coefficient (Wildman–Crippen LogP) is 5.71. The molecule has 1 aromatic heterocycles. The number of urea groups is 1. The number of pyridine rings is 1. The summed E-state index contributed by atoms with van der Waals surface area (Å²) in [6.45, 7) is 8.65. The van der Waals surface area contributed by atoms with Crippen molar-refractivity contribution in [1.29, 1.82) is 0 Å². The number of nitrogens with one attached hydrogen (secondary N) is 2. The minimum absolute atomic E-state index is 0.271. The molecule has 2 heterocycles. The number of carbonyl (C=O) groups is 1. The lowest BCUT2D eigenvalue weighted by Crippen LogP contribution is -2.31. The molecule has 1 saturated heterocycles. The average Bonchev–Trinajstić information content (AvgIpc) is 3.04. The number of amides is 2. The van der Waals surface area contributed by atoms with Crippen LogP contribution in [0.1, 0.15) is 23.1 Å². The maximum absolute atomic E-state index is 12.5. The molecule has 2 amide bonds. The number of hydrogen-bond acceptors (Lipinski definition) is 4. The molecule has 2 N–H and O–H groups in total. The Morgan fingerprint density at radius 2 is 1.73 bits per heavy atom. The summed E-state index contributed by atoms with van der Waals surface area (Å²) < 4.78 is 0. The van der Waals surface area contributed by atoms with E-state index in [4.69, 9.17) is 11.6 Å². The van der Waals surface area contributed by atoms with Gasteiger partial charge in [-0.2, -0.15) is 0 Å². The molecule has 7 heteroatoms. The van der Waals surface area contributed by atoms with E-state index in [9.17, 15) is 4.79 Å². The van der Waals surface area contributed by atoms with Crippen LogP contribution in [-0.2, 0) is 6.54 Å². The summed E-state index contributed by atoms with van der Waals surface area (Å²) in [4.78, 5) is 21.8. The first kappa shape index (κ1) is 23.1. The Morgan fingerprint density at radius 1 is 0.939 bits per heavy atom. The van der Waals surface area contributed by atoms with E-state index in [-0.39, 0.29) is 6.03 Å². The molecule has 0 atom stereocenters. The Labute approximate surface area is 200 Å². The Balaban J connectivity index is 1.32. The third-order valence-corrected chi connectivity index (χ3v) is 6.36. The molecule has 0 radical (unpaired) electrons. The van der Waals surface area contributed by atoms with Gasteiger partial charge in [-0.15, -0.1) is 0 Å². The second-order valence-electron chi connectivity index (χ2n) is 8.46. The molecule has 0 aliphatic carbocycles. The zero-order valence-corrected chi connectivity index (χ0v) is 19.9. The third kappa shape index (κ3) is 6.03. The molecule has 1 aliphatic heterocycles. The topological polar surface area (TPSA) is 60.5 Å². The SMILES string of the molecule is Cc1cccc(C)c1NC(=O)Nc1ccc(N2CCCN(Cc3ccccc3Cl)CC2)nc1. The molecule has 33 heavy (non-hydrogen) atoms. The van der Waals surface area contributed by atoms with E-state index in [2.05, 4.69) is 31.5 Å². The molecule has 1 aliphatic rings. The van der Waals surface area contributed by atoms with Crippen molar-refractivity contribution in [2.45, 2.75) is 26.8 Å². The van der Waals surface area contributed by atoms with Crippen molar-refractivity contribution < 1.29 is 4.79 Å². The molecule has 0 unspecified atom stereocenters. The highest BCUT2D eigenvalue weighted by Crippen LogP contribution is 2.22. The van der Waals surface area contributed by atoms with Crippen molar-refractivity contribution in [1.82, 2.24) is 9.88 Å². The van der Waals surface area contributed by atoms with Crippen molar-refractivity contribution in [3.8, 4) is 0 Å². The Hall–Kier alpha value is -3.09. The van der Waals surface area contributed by atoms with Gasteiger partial charge in [-0.25, -0.2) is 9.78 Å². The molecule has 3 aromatic rings. The summed E-state index contributed by atoms with van der Waals surface area (Å²) in [5.41, 5.74) is 4.73. The fourth-order valence-corrected chi connectivity index (χ4v) is 4.36. The van der Waals surface area contributed by atoms with Gasteiger partial charge < -0.3 is 15.5 Å². The van der Waals surface area contributed by atoms with Crippen molar-refractivity contribution >= 4 is 34.8 Å². The lowest BCUT2D eigenvalue weighted by molar-refractivity contribution is 0.262. The second kappa shape index (κ2) is 10.7. The van der Waals surface area contributed by atoms with Gasteiger partial charge in [0.25, 0.3) is 0 Å². The van der Waals surface area contributed by atoms with E-state index < -0.39 is 0 Å². The number of anilines is 3. The van der Waals surface area contributed by atoms with Crippen LogP contribution in [0.4, 0.5) is 22.0 Å². The van der Waals surface area contributed by atoms with Crippen molar-refractivity contribution in [2.75, 3.05) is 41.7 Å². The highest BCUT2D eigenvalue weighted by atomic mass is 35.5. The molecule has 0 spiro atoms. The molecule has 2 aromatic carbocycles. The molecule has 0 saturated carbocycles. The van der Waals surface area contributed by atoms with Crippen molar-refractivity contribution in [2.24, 2.45) is 0 Å². The molecular formula is C26H30ClN5O. The minimum Gasteiger partial charge on any atom is -0.355 e. The highest BCUT2D eigenvalue weighted by molar-refractivity contribution is 6.31. The van der Waals surface area contributed by atoms with Crippen LogP contribution >= 0.6 is 11.6 Å². The Morgan fingerprint density at radius 3 is 2.45 bits per heavy atom. The lowest BCUT2D eigenvalue weighted by atomic mass is 10.1. The van der Waals surface area contributed by atoms with Crippen LogP contribution in [0.3, 0.4) is 0 Å². The van der Waals surface area contributed by atoms with Gasteiger partial charge in [0.15, 0.2) is 0 Å². The quantitative estimate of drug-likeness (QED) is 0.509. The van der Waals surface area contributed by atoms with E-state index >= 15 is 0 Å². The van der Waals surface area contributed by atoms with E-state index in [1.807, 2.05) is 62.4 Å². The maximum atomic E-state index is 12.5. The molecule has 0 bridgehead atoms. The zero-order chi connectivity index (χ0) is 23.2. The van der Waals surface area contributed by atoms with Crippen LogP contribution in [0.25, 0.3) is 0 Å². The second-order valence-corrected chi connectivity index (χ2v) is 8.87. The van der Waals surface area contributed by atoms with Gasteiger partial charge in [0.1, 0.15) is 5.82 Å². The van der Waals surface area contributed by atoms with Crippen LogP contribution in [-0.4, -0.2) is 42.1 Å². The number of aryl methyl sites for hydroxylation is 2. The lowest BCUT2D eigenvalue weighted by Gasteiger charge is -2.23. The van der Waals surface area contributed by atoms with Crippen molar-refractivity contribution in [3.63, 3.8) is 0 Å².